The van der Waals surface area contributed by atoms with Crippen molar-refractivity contribution in [3.8, 4) is 5.75 Å². The van der Waals surface area contributed by atoms with Crippen molar-refractivity contribution in [1.29, 1.82) is 0 Å². The van der Waals surface area contributed by atoms with E-state index < -0.39 is 40.7 Å². The summed E-state index contributed by atoms with van der Waals surface area (Å²) in [6.45, 7) is 0. The number of rotatable bonds is 2. The van der Waals surface area contributed by atoms with Crippen LogP contribution in [0.2, 0.25) is 0 Å². The van der Waals surface area contributed by atoms with Crippen LogP contribution in [-0.2, 0) is 9.53 Å². The lowest BCUT2D eigenvalue weighted by Gasteiger charge is -2.22. The molecule has 0 aliphatic carbocycles. The molecular weight excluding hydrogens is 281 g/mol. The molecule has 0 unspecified atom stereocenters. The first-order chi connectivity index (χ1) is 9.11. The number of alkyl halides is 3. The molecule has 0 radical (unpaired) electrons. The van der Waals surface area contributed by atoms with Gasteiger partial charge in [-0.05, 0) is 12.1 Å². The van der Waals surface area contributed by atoms with E-state index in [2.05, 4.69) is 4.74 Å². The summed E-state index contributed by atoms with van der Waals surface area (Å²) in [6, 6.07) is 1.93. The van der Waals surface area contributed by atoms with E-state index in [-0.39, 0.29) is 4.90 Å². The zero-order chi connectivity index (χ0) is 15.7. The first kappa shape index (κ1) is 15.6. The number of carbonyl (C=O) groups excluding carboxylic acids is 2. The highest BCUT2D eigenvalue weighted by Gasteiger charge is 2.42. The molecule has 3 N–H and O–H groups in total. The number of nitrogens with zero attached hydrogens (tertiary/aromatic N) is 1. The molecule has 1 aromatic rings. The van der Waals surface area contributed by atoms with Crippen LogP contribution in [0.1, 0.15) is 10.4 Å². The molecule has 1 amide bonds. The minimum atomic E-state index is -5.12. The molecule has 0 aliphatic heterocycles. The fourth-order valence-electron chi connectivity index (χ4n) is 1.49. The highest BCUT2D eigenvalue weighted by atomic mass is 19.4. The Bertz CT molecular complexity index is 557. The van der Waals surface area contributed by atoms with Crippen LogP contribution < -0.4 is 10.6 Å². The van der Waals surface area contributed by atoms with Crippen molar-refractivity contribution in [2.24, 2.45) is 0 Å². The van der Waals surface area contributed by atoms with Crippen LogP contribution in [0.5, 0.6) is 5.75 Å². The van der Waals surface area contributed by atoms with Crippen molar-refractivity contribution in [2.45, 2.75) is 6.18 Å². The van der Waals surface area contributed by atoms with E-state index in [0.717, 1.165) is 26.3 Å². The maximum atomic E-state index is 12.4. The number of nitrogen functional groups attached to an aromatic ring is 1. The number of halogens is 3. The molecular formula is C11H11F3N2O4. The summed E-state index contributed by atoms with van der Waals surface area (Å²) >= 11 is 0. The summed E-state index contributed by atoms with van der Waals surface area (Å²) in [4.78, 5) is 22.9. The second-order valence-corrected chi connectivity index (χ2v) is 3.75. The topological polar surface area (TPSA) is 92.9 Å². The molecule has 6 nitrogen and oxygen atoms in total. The first-order valence-corrected chi connectivity index (χ1v) is 5.15. The number of hydrogen-bond donors (Lipinski definition) is 2. The van der Waals surface area contributed by atoms with E-state index in [1.165, 1.54) is 0 Å². The van der Waals surface area contributed by atoms with Crippen molar-refractivity contribution in [1.82, 2.24) is 0 Å². The van der Waals surface area contributed by atoms with Crippen molar-refractivity contribution in [2.75, 3.05) is 24.8 Å². The molecule has 0 fully saturated rings. The van der Waals surface area contributed by atoms with Gasteiger partial charge in [-0.25, -0.2) is 4.79 Å². The minimum Gasteiger partial charge on any atom is -0.506 e. The Morgan fingerprint density at radius 2 is 1.90 bits per heavy atom. The number of amides is 1. The van der Waals surface area contributed by atoms with E-state index in [4.69, 9.17) is 5.73 Å². The summed E-state index contributed by atoms with van der Waals surface area (Å²) in [5, 5.41) is 9.39. The highest BCUT2D eigenvalue weighted by molar-refractivity contribution is 6.07. The van der Waals surface area contributed by atoms with Crippen molar-refractivity contribution in [3.63, 3.8) is 0 Å². The molecule has 20 heavy (non-hydrogen) atoms. The zero-order valence-electron chi connectivity index (χ0n) is 10.5. The monoisotopic (exact) mass is 292 g/mol. The Morgan fingerprint density at radius 1 is 1.35 bits per heavy atom. The van der Waals surface area contributed by atoms with Crippen LogP contribution >= 0.6 is 0 Å². The van der Waals surface area contributed by atoms with Gasteiger partial charge in [-0.15, -0.1) is 0 Å². The van der Waals surface area contributed by atoms with E-state index in [9.17, 15) is 27.9 Å². The van der Waals surface area contributed by atoms with Gasteiger partial charge in [-0.1, -0.05) is 0 Å². The number of aromatic hydroxyl groups is 1. The number of nitrogens with two attached hydrogens (primary N) is 1. The lowest BCUT2D eigenvalue weighted by atomic mass is 10.1. The SMILES string of the molecule is COC(=O)c1c(N(C)C(=O)C(F)(F)F)ccc(O)c1N. The third kappa shape index (κ3) is 2.76. The van der Waals surface area contributed by atoms with E-state index in [1.54, 1.807) is 0 Å². The van der Waals surface area contributed by atoms with E-state index >= 15 is 0 Å². The average molecular weight is 292 g/mol. The van der Waals surface area contributed by atoms with Gasteiger partial charge >= 0.3 is 18.1 Å². The van der Waals surface area contributed by atoms with Crippen LogP contribution in [0.25, 0.3) is 0 Å². The molecule has 0 aromatic heterocycles. The molecule has 110 valence electrons. The third-order valence-corrected chi connectivity index (χ3v) is 2.50. The second-order valence-electron chi connectivity index (χ2n) is 3.75. The van der Waals surface area contributed by atoms with Crippen molar-refractivity contribution in [3.05, 3.63) is 17.7 Å². The predicted octanol–water partition coefficient (Wildman–Crippen LogP) is 1.29. The van der Waals surface area contributed by atoms with E-state index in [0.29, 0.717) is 0 Å². The number of phenols is 1. The Labute approximate surface area is 111 Å². The van der Waals surface area contributed by atoms with Crippen LogP contribution in [0.3, 0.4) is 0 Å². The number of benzene rings is 1. The van der Waals surface area contributed by atoms with Crippen LogP contribution in [0.4, 0.5) is 24.5 Å². The molecule has 9 heteroatoms. The molecule has 0 atom stereocenters. The minimum absolute atomic E-state index is 0.210. The summed E-state index contributed by atoms with van der Waals surface area (Å²) in [5.74, 6) is -3.77. The van der Waals surface area contributed by atoms with Gasteiger partial charge < -0.3 is 20.5 Å². The molecule has 1 aromatic carbocycles. The number of hydrogen-bond acceptors (Lipinski definition) is 5. The lowest BCUT2D eigenvalue weighted by Crippen LogP contribution is -2.39. The van der Waals surface area contributed by atoms with Gasteiger partial charge in [-0.2, -0.15) is 13.2 Å². The average Bonchev–Trinajstić information content (AvgIpc) is 2.38. The standard InChI is InChI=1S/C11H11F3N2O4/c1-16(10(19)11(12,13)14)5-3-4-6(17)8(15)7(5)9(18)20-2/h3-4,17H,15H2,1-2H3. The Kier molecular flexibility index (Phi) is 4.11. The molecule has 0 heterocycles. The second kappa shape index (κ2) is 5.27. The van der Waals surface area contributed by atoms with Crippen LogP contribution in [0.15, 0.2) is 12.1 Å². The predicted molar refractivity (Wildman–Crippen MR) is 63.3 cm³/mol. The fraction of sp³-hybridized carbons (Fsp3) is 0.273. The number of ether oxygens (including phenoxy) is 1. The van der Waals surface area contributed by atoms with Crippen LogP contribution in [-0.4, -0.2) is 37.3 Å². The highest BCUT2D eigenvalue weighted by Crippen LogP contribution is 2.34. The van der Waals surface area contributed by atoms with Gasteiger partial charge in [0.25, 0.3) is 0 Å². The van der Waals surface area contributed by atoms with Gasteiger partial charge in [0.2, 0.25) is 0 Å². The Morgan fingerprint density at radius 3 is 2.35 bits per heavy atom. The Hall–Kier alpha value is -2.45. The maximum absolute atomic E-state index is 12.4. The van der Waals surface area contributed by atoms with E-state index in [1.807, 2.05) is 0 Å². The van der Waals surface area contributed by atoms with Gasteiger partial charge in [0, 0.05) is 7.05 Å². The summed E-state index contributed by atoms with van der Waals surface area (Å²) < 4.78 is 41.6. The van der Waals surface area contributed by atoms with Crippen molar-refractivity contribution < 1.29 is 32.6 Å². The number of anilines is 2. The number of methoxy groups -OCH3 is 1. The number of esters is 1. The number of phenolic OH excluding ortho intramolecular Hbond substituents is 1. The quantitative estimate of drug-likeness (QED) is 0.486. The number of carbonyl (C=O) groups is 2. The van der Waals surface area contributed by atoms with Crippen molar-refractivity contribution >= 4 is 23.3 Å². The summed E-state index contributed by atoms with van der Waals surface area (Å²) in [7, 11) is 1.81. The zero-order valence-corrected chi connectivity index (χ0v) is 10.5. The summed E-state index contributed by atoms with van der Waals surface area (Å²) in [6.07, 6.45) is -5.12. The molecule has 0 aliphatic rings. The van der Waals surface area contributed by atoms with Gasteiger partial charge in [0.05, 0.1) is 18.5 Å². The molecule has 0 spiro atoms. The fourth-order valence-corrected chi connectivity index (χ4v) is 1.49. The largest absolute Gasteiger partial charge is 0.506 e. The maximum Gasteiger partial charge on any atom is 0.471 e. The lowest BCUT2D eigenvalue weighted by molar-refractivity contribution is -0.170. The molecule has 0 saturated carbocycles. The molecule has 1 rings (SSSR count). The molecule has 0 saturated heterocycles. The molecule has 0 bridgehead atoms. The first-order valence-electron chi connectivity index (χ1n) is 5.15. The van der Waals surface area contributed by atoms with Gasteiger partial charge in [0.15, 0.2) is 0 Å². The normalized spacial score (nSPS) is 11.1. The smallest absolute Gasteiger partial charge is 0.471 e. The van der Waals surface area contributed by atoms with Crippen LogP contribution in [0, 0.1) is 0 Å². The Balaban J connectivity index is 3.42. The third-order valence-electron chi connectivity index (χ3n) is 2.50. The van der Waals surface area contributed by atoms with Gasteiger partial charge in [0.1, 0.15) is 11.3 Å². The van der Waals surface area contributed by atoms with Gasteiger partial charge in [-0.3, -0.25) is 4.79 Å². The summed E-state index contributed by atoms with van der Waals surface area (Å²) in [5.41, 5.74) is 4.02.